The number of pyridine rings is 1. The van der Waals surface area contributed by atoms with Crippen molar-refractivity contribution in [3.05, 3.63) is 17.7 Å². The summed E-state index contributed by atoms with van der Waals surface area (Å²) >= 11 is 0. The third-order valence-corrected chi connectivity index (χ3v) is 2.34. The molecule has 0 spiro atoms. The van der Waals surface area contributed by atoms with Gasteiger partial charge in [-0.15, -0.1) is 0 Å². The molecule has 106 valence electrons. The molecule has 1 rings (SSSR count). The van der Waals surface area contributed by atoms with Gasteiger partial charge in [-0.05, 0) is 13.8 Å². The Morgan fingerprint density at radius 1 is 1.42 bits per heavy atom. The van der Waals surface area contributed by atoms with E-state index in [4.69, 9.17) is 0 Å². The van der Waals surface area contributed by atoms with E-state index in [0.29, 0.717) is 0 Å². The Bertz CT molecular complexity index is 465. The van der Waals surface area contributed by atoms with Crippen molar-refractivity contribution in [1.82, 2.24) is 10.3 Å². The normalized spacial score (nSPS) is 10.5. The maximum atomic E-state index is 13.6. The molecule has 0 aliphatic carbocycles. The van der Waals surface area contributed by atoms with Gasteiger partial charge in [0.05, 0.1) is 6.54 Å². The van der Waals surface area contributed by atoms with Gasteiger partial charge in [-0.2, -0.15) is 0 Å². The monoisotopic (exact) mass is 272 g/mol. The minimum Gasteiger partial charge on any atom is -0.371 e. The second kappa shape index (κ2) is 6.31. The molecule has 0 fully saturated rings. The number of likely N-dealkylation sites (N-methyl/N-ethyl adjacent to an activating group) is 1. The number of nitrogens with one attached hydrogen (secondary N) is 2. The lowest BCUT2D eigenvalue weighted by molar-refractivity contribution is -0.120. The second-order valence-electron chi connectivity index (χ2n) is 4.45. The molecule has 1 aromatic rings. The van der Waals surface area contributed by atoms with Crippen LogP contribution >= 0.6 is 0 Å². The summed E-state index contributed by atoms with van der Waals surface area (Å²) in [5.41, 5.74) is 0. The van der Waals surface area contributed by atoms with E-state index in [0.717, 1.165) is 6.07 Å². The number of carbonyl (C=O) groups is 1. The van der Waals surface area contributed by atoms with E-state index in [-0.39, 0.29) is 30.1 Å². The summed E-state index contributed by atoms with van der Waals surface area (Å²) < 4.78 is 26.9. The summed E-state index contributed by atoms with van der Waals surface area (Å²) in [7, 11) is 3.00. The molecule has 2 N–H and O–H groups in total. The number of hydrogen-bond donors (Lipinski definition) is 2. The van der Waals surface area contributed by atoms with Gasteiger partial charge < -0.3 is 15.5 Å². The van der Waals surface area contributed by atoms with Crippen molar-refractivity contribution >= 4 is 17.5 Å². The van der Waals surface area contributed by atoms with Crippen LogP contribution in [-0.2, 0) is 4.79 Å². The number of hydrogen-bond acceptors (Lipinski definition) is 4. The molecule has 0 radical (unpaired) electrons. The van der Waals surface area contributed by atoms with Gasteiger partial charge in [-0.3, -0.25) is 4.79 Å². The molecule has 0 unspecified atom stereocenters. The Morgan fingerprint density at radius 2 is 2.05 bits per heavy atom. The molecule has 0 bridgehead atoms. The average molecular weight is 272 g/mol. The van der Waals surface area contributed by atoms with Crippen LogP contribution in [0, 0.1) is 11.6 Å². The predicted molar refractivity (Wildman–Crippen MR) is 70.2 cm³/mol. The van der Waals surface area contributed by atoms with Crippen LogP contribution in [0.4, 0.5) is 20.4 Å². The van der Waals surface area contributed by atoms with Gasteiger partial charge in [0, 0.05) is 26.2 Å². The summed E-state index contributed by atoms with van der Waals surface area (Å²) in [6, 6.07) is 0.741. The van der Waals surface area contributed by atoms with Crippen molar-refractivity contribution in [1.29, 1.82) is 0 Å². The van der Waals surface area contributed by atoms with Crippen molar-refractivity contribution in [2.24, 2.45) is 0 Å². The van der Waals surface area contributed by atoms with Crippen molar-refractivity contribution in [2.45, 2.75) is 19.9 Å². The zero-order chi connectivity index (χ0) is 14.6. The van der Waals surface area contributed by atoms with E-state index < -0.39 is 11.6 Å². The van der Waals surface area contributed by atoms with Crippen LogP contribution in [0.5, 0.6) is 0 Å². The van der Waals surface area contributed by atoms with E-state index in [9.17, 15) is 13.6 Å². The largest absolute Gasteiger partial charge is 0.371 e. The summed E-state index contributed by atoms with van der Waals surface area (Å²) in [6.45, 7) is 3.60. The van der Waals surface area contributed by atoms with Crippen LogP contribution in [0.25, 0.3) is 0 Å². The molecule has 0 saturated heterocycles. The molecule has 0 atom stereocenters. The van der Waals surface area contributed by atoms with Gasteiger partial charge >= 0.3 is 0 Å². The van der Waals surface area contributed by atoms with Crippen LogP contribution in [-0.4, -0.2) is 37.6 Å². The number of carbonyl (C=O) groups excluding carboxylic acids is 1. The van der Waals surface area contributed by atoms with Crippen LogP contribution in [0.2, 0.25) is 0 Å². The maximum absolute atomic E-state index is 13.6. The standard InChI is InChI=1S/C12H18F2N4O/c1-7(2)16-10(19)6-18(4)12-9(14)5-8(13)11(15-3)17-12/h5,7H,6H2,1-4H3,(H,15,17)(H,16,19). The third-order valence-electron chi connectivity index (χ3n) is 2.34. The minimum absolute atomic E-state index is 0.000191. The molecule has 0 saturated carbocycles. The molecule has 0 aromatic carbocycles. The Kier molecular flexibility index (Phi) is 5.02. The summed E-state index contributed by atoms with van der Waals surface area (Å²) in [5, 5.41) is 5.21. The highest BCUT2D eigenvalue weighted by Gasteiger charge is 2.16. The Hall–Kier alpha value is -1.92. The quantitative estimate of drug-likeness (QED) is 0.850. The van der Waals surface area contributed by atoms with E-state index in [1.54, 1.807) is 0 Å². The molecule has 1 heterocycles. The fourth-order valence-electron chi connectivity index (χ4n) is 1.56. The number of halogens is 2. The lowest BCUT2D eigenvalue weighted by atomic mass is 10.3. The van der Waals surface area contributed by atoms with Crippen LogP contribution in [0.3, 0.4) is 0 Å². The van der Waals surface area contributed by atoms with E-state index >= 15 is 0 Å². The maximum Gasteiger partial charge on any atom is 0.239 e. The van der Waals surface area contributed by atoms with Crippen molar-refractivity contribution in [3.8, 4) is 0 Å². The summed E-state index contributed by atoms with van der Waals surface area (Å²) in [5.74, 6) is -1.98. The first-order chi connectivity index (χ1) is 8.85. The van der Waals surface area contributed by atoms with Crippen molar-refractivity contribution in [3.63, 3.8) is 0 Å². The molecule has 19 heavy (non-hydrogen) atoms. The van der Waals surface area contributed by atoms with Crippen LogP contribution in [0.1, 0.15) is 13.8 Å². The fourth-order valence-corrected chi connectivity index (χ4v) is 1.56. The fraction of sp³-hybridized carbons (Fsp3) is 0.500. The molecular formula is C12H18F2N4O. The zero-order valence-corrected chi connectivity index (χ0v) is 11.4. The predicted octanol–water partition coefficient (Wildman–Crippen LogP) is 1.36. The van der Waals surface area contributed by atoms with E-state index in [1.165, 1.54) is 19.0 Å². The van der Waals surface area contributed by atoms with Gasteiger partial charge in [0.1, 0.15) is 0 Å². The Labute approximate surface area is 111 Å². The molecule has 7 heteroatoms. The highest BCUT2D eigenvalue weighted by atomic mass is 19.1. The first-order valence-electron chi connectivity index (χ1n) is 5.89. The third kappa shape index (κ3) is 4.04. The SMILES string of the molecule is CNc1nc(N(C)CC(=O)NC(C)C)c(F)cc1F. The lowest BCUT2D eigenvalue weighted by Gasteiger charge is -2.20. The first-order valence-corrected chi connectivity index (χ1v) is 5.89. The van der Waals surface area contributed by atoms with Gasteiger partial charge in [0.15, 0.2) is 23.3 Å². The van der Waals surface area contributed by atoms with Crippen molar-refractivity contribution < 1.29 is 13.6 Å². The number of nitrogens with zero attached hydrogens (tertiary/aromatic N) is 2. The highest BCUT2D eigenvalue weighted by Crippen LogP contribution is 2.20. The van der Waals surface area contributed by atoms with Gasteiger partial charge in [0.2, 0.25) is 5.91 Å². The molecule has 1 amide bonds. The topological polar surface area (TPSA) is 57.3 Å². The molecule has 1 aromatic heterocycles. The summed E-state index contributed by atoms with van der Waals surface area (Å²) in [6.07, 6.45) is 0. The number of rotatable bonds is 5. The van der Waals surface area contributed by atoms with E-state index in [1.807, 2.05) is 13.8 Å². The van der Waals surface area contributed by atoms with Gasteiger partial charge in [-0.25, -0.2) is 13.8 Å². The Balaban J connectivity index is 2.87. The molecular weight excluding hydrogens is 254 g/mol. The van der Waals surface area contributed by atoms with Crippen LogP contribution < -0.4 is 15.5 Å². The lowest BCUT2D eigenvalue weighted by Crippen LogP contribution is -2.39. The molecule has 0 aliphatic rings. The number of aromatic nitrogens is 1. The first kappa shape index (κ1) is 15.1. The summed E-state index contributed by atoms with van der Waals surface area (Å²) in [4.78, 5) is 16.7. The highest BCUT2D eigenvalue weighted by molar-refractivity contribution is 5.81. The average Bonchev–Trinajstić information content (AvgIpc) is 2.27. The zero-order valence-electron chi connectivity index (χ0n) is 11.4. The molecule has 0 aliphatic heterocycles. The van der Waals surface area contributed by atoms with Gasteiger partial charge in [-0.1, -0.05) is 0 Å². The van der Waals surface area contributed by atoms with Crippen LogP contribution in [0.15, 0.2) is 6.07 Å². The smallest absolute Gasteiger partial charge is 0.239 e. The van der Waals surface area contributed by atoms with Gasteiger partial charge in [0.25, 0.3) is 0 Å². The number of amides is 1. The Morgan fingerprint density at radius 3 is 2.58 bits per heavy atom. The minimum atomic E-state index is -0.809. The second-order valence-corrected chi connectivity index (χ2v) is 4.45. The van der Waals surface area contributed by atoms with E-state index in [2.05, 4.69) is 15.6 Å². The van der Waals surface area contributed by atoms with Crippen molar-refractivity contribution in [2.75, 3.05) is 30.9 Å². The molecule has 5 nitrogen and oxygen atoms in total. The number of anilines is 2.